The lowest BCUT2D eigenvalue weighted by atomic mass is 10.0. The largest absolute Gasteiger partial charge is 0.497 e. The van der Waals surface area contributed by atoms with Crippen LogP contribution in [0.25, 0.3) is 0 Å². The molecule has 2 aromatic rings. The van der Waals surface area contributed by atoms with Crippen molar-refractivity contribution < 1.29 is 4.74 Å². The van der Waals surface area contributed by atoms with Crippen LogP contribution in [0.4, 0.5) is 0 Å². The molecule has 1 aliphatic heterocycles. The average molecular weight is 317 g/mol. The van der Waals surface area contributed by atoms with Crippen molar-refractivity contribution in [3.63, 3.8) is 0 Å². The van der Waals surface area contributed by atoms with Gasteiger partial charge in [0.2, 0.25) is 0 Å². The highest BCUT2D eigenvalue weighted by Gasteiger charge is 2.20. The maximum Gasteiger partial charge on any atom is 0.119 e. The number of nitrogens with one attached hydrogen (secondary N) is 1. The Hall–Kier alpha value is -1.46. The number of thioether (sulfide) groups is 1. The summed E-state index contributed by atoms with van der Waals surface area (Å²) in [4.78, 5) is 1.37. The Morgan fingerprint density at radius 2 is 2.32 bits per heavy atom. The molecule has 0 unspecified atom stereocenters. The van der Waals surface area contributed by atoms with Crippen molar-refractivity contribution in [2.45, 2.75) is 37.2 Å². The average Bonchev–Trinajstić information content (AvgIpc) is 2.75. The molecule has 0 radical (unpaired) electrons. The molecule has 0 saturated heterocycles. The summed E-state index contributed by atoms with van der Waals surface area (Å²) in [5.74, 6) is 2.12. The Morgan fingerprint density at radius 3 is 3.05 bits per heavy atom. The van der Waals surface area contributed by atoms with E-state index in [2.05, 4.69) is 35.5 Å². The van der Waals surface area contributed by atoms with Gasteiger partial charge < -0.3 is 10.1 Å². The molecular formula is C17H23N3OS. The molecule has 1 atom stereocenters. The zero-order valence-electron chi connectivity index (χ0n) is 13.4. The van der Waals surface area contributed by atoms with Gasteiger partial charge in [0.15, 0.2) is 0 Å². The number of hydrogen-bond acceptors (Lipinski definition) is 4. The SMILES string of the molecule is COc1ccc2c(c1)[C@@H](NCc1cnn(C)c1C)CCCS2. The predicted octanol–water partition coefficient (Wildman–Crippen LogP) is 3.45. The van der Waals surface area contributed by atoms with Gasteiger partial charge in [0.1, 0.15) is 5.75 Å². The van der Waals surface area contributed by atoms with Gasteiger partial charge in [-0.15, -0.1) is 11.8 Å². The zero-order chi connectivity index (χ0) is 15.5. The van der Waals surface area contributed by atoms with Gasteiger partial charge >= 0.3 is 0 Å². The number of nitrogens with zero attached hydrogens (tertiary/aromatic N) is 2. The first-order valence-corrected chi connectivity index (χ1v) is 8.69. The van der Waals surface area contributed by atoms with Gasteiger partial charge in [-0.1, -0.05) is 0 Å². The van der Waals surface area contributed by atoms with Crippen LogP contribution in [0.1, 0.15) is 35.7 Å². The molecule has 0 aliphatic carbocycles. The van der Waals surface area contributed by atoms with E-state index >= 15 is 0 Å². The Balaban J connectivity index is 1.80. The number of aromatic nitrogens is 2. The van der Waals surface area contributed by atoms with Gasteiger partial charge in [-0.2, -0.15) is 5.10 Å². The number of fused-ring (bicyclic) bond motifs is 1. The molecule has 4 nitrogen and oxygen atoms in total. The fourth-order valence-electron chi connectivity index (χ4n) is 2.85. The number of aryl methyl sites for hydroxylation is 1. The lowest BCUT2D eigenvalue weighted by molar-refractivity contribution is 0.411. The summed E-state index contributed by atoms with van der Waals surface area (Å²) >= 11 is 1.95. The van der Waals surface area contributed by atoms with E-state index in [1.165, 1.54) is 33.9 Å². The first-order chi connectivity index (χ1) is 10.7. The van der Waals surface area contributed by atoms with E-state index in [1.807, 2.05) is 29.7 Å². The highest BCUT2D eigenvalue weighted by molar-refractivity contribution is 7.99. The van der Waals surface area contributed by atoms with E-state index in [4.69, 9.17) is 4.74 Å². The number of ether oxygens (including phenoxy) is 1. The lowest BCUT2D eigenvalue weighted by Gasteiger charge is -2.19. The van der Waals surface area contributed by atoms with Crippen LogP contribution in [0.5, 0.6) is 5.75 Å². The lowest BCUT2D eigenvalue weighted by Crippen LogP contribution is -2.21. The maximum absolute atomic E-state index is 5.40. The molecule has 0 bridgehead atoms. The fourth-order valence-corrected chi connectivity index (χ4v) is 3.91. The van der Waals surface area contributed by atoms with E-state index in [0.717, 1.165) is 18.7 Å². The van der Waals surface area contributed by atoms with Crippen LogP contribution in [0, 0.1) is 6.92 Å². The molecule has 118 valence electrons. The summed E-state index contributed by atoms with van der Waals surface area (Å²) < 4.78 is 7.33. The molecule has 22 heavy (non-hydrogen) atoms. The highest BCUT2D eigenvalue weighted by Crippen LogP contribution is 2.37. The molecule has 0 spiro atoms. The van der Waals surface area contributed by atoms with Crippen molar-refractivity contribution in [3.05, 3.63) is 41.2 Å². The zero-order valence-corrected chi connectivity index (χ0v) is 14.2. The normalized spacial score (nSPS) is 17.9. The molecule has 5 heteroatoms. The van der Waals surface area contributed by atoms with Gasteiger partial charge in [0.05, 0.1) is 13.3 Å². The Morgan fingerprint density at radius 1 is 1.45 bits per heavy atom. The second-order valence-corrected chi connectivity index (χ2v) is 6.84. The van der Waals surface area contributed by atoms with Crippen molar-refractivity contribution in [2.75, 3.05) is 12.9 Å². The van der Waals surface area contributed by atoms with E-state index < -0.39 is 0 Å². The predicted molar refractivity (Wildman–Crippen MR) is 90.5 cm³/mol. The summed E-state index contributed by atoms with van der Waals surface area (Å²) in [5, 5.41) is 8.04. The van der Waals surface area contributed by atoms with E-state index in [1.54, 1.807) is 7.11 Å². The van der Waals surface area contributed by atoms with Crippen LogP contribution in [0.3, 0.4) is 0 Å². The molecule has 2 heterocycles. The van der Waals surface area contributed by atoms with Gasteiger partial charge in [0.25, 0.3) is 0 Å². The van der Waals surface area contributed by atoms with Crippen LogP contribution in [-0.2, 0) is 13.6 Å². The molecule has 0 fully saturated rings. The van der Waals surface area contributed by atoms with Crippen LogP contribution < -0.4 is 10.1 Å². The van der Waals surface area contributed by atoms with Gasteiger partial charge in [-0.05, 0) is 49.3 Å². The minimum Gasteiger partial charge on any atom is -0.497 e. The van der Waals surface area contributed by atoms with Crippen LogP contribution in [0.2, 0.25) is 0 Å². The Bertz CT molecular complexity index is 653. The van der Waals surface area contributed by atoms with Crippen LogP contribution in [-0.4, -0.2) is 22.6 Å². The third-order valence-corrected chi connectivity index (χ3v) is 5.54. The topological polar surface area (TPSA) is 39.1 Å². The molecule has 0 saturated carbocycles. The van der Waals surface area contributed by atoms with Crippen LogP contribution >= 0.6 is 11.8 Å². The van der Waals surface area contributed by atoms with Gasteiger partial charge in [-0.25, -0.2) is 0 Å². The Labute approximate surface area is 136 Å². The number of hydrogen-bond donors (Lipinski definition) is 1. The van der Waals surface area contributed by atoms with Crippen molar-refractivity contribution in [1.82, 2.24) is 15.1 Å². The second kappa shape index (κ2) is 6.75. The third kappa shape index (κ3) is 3.15. The number of benzene rings is 1. The standard InChI is InChI=1S/C17H23N3OS/c1-12-13(11-19-20(12)2)10-18-16-5-4-8-22-17-7-6-14(21-3)9-15(16)17/h6-7,9,11,16,18H,4-5,8,10H2,1-3H3/t16-/m0/s1. The Kier molecular flexibility index (Phi) is 4.74. The van der Waals surface area contributed by atoms with E-state index in [9.17, 15) is 0 Å². The minimum atomic E-state index is 0.375. The maximum atomic E-state index is 5.40. The highest BCUT2D eigenvalue weighted by atomic mass is 32.2. The first-order valence-electron chi connectivity index (χ1n) is 7.70. The summed E-state index contributed by atoms with van der Waals surface area (Å²) in [6, 6.07) is 6.80. The fraction of sp³-hybridized carbons (Fsp3) is 0.471. The summed E-state index contributed by atoms with van der Waals surface area (Å²) in [7, 11) is 3.72. The molecule has 0 amide bonds. The van der Waals surface area contributed by atoms with E-state index in [0.29, 0.717) is 6.04 Å². The summed E-state index contributed by atoms with van der Waals surface area (Å²) in [5.41, 5.74) is 3.86. The van der Waals surface area contributed by atoms with Crippen molar-refractivity contribution in [2.24, 2.45) is 7.05 Å². The molecule has 1 N–H and O–H groups in total. The number of rotatable bonds is 4. The van der Waals surface area contributed by atoms with Crippen LogP contribution in [0.15, 0.2) is 29.3 Å². The van der Waals surface area contributed by atoms with Gasteiger partial charge in [-0.3, -0.25) is 4.68 Å². The molecular weight excluding hydrogens is 294 g/mol. The quantitative estimate of drug-likeness (QED) is 0.937. The van der Waals surface area contributed by atoms with E-state index in [-0.39, 0.29) is 0 Å². The van der Waals surface area contributed by atoms with Crippen molar-refractivity contribution >= 4 is 11.8 Å². The van der Waals surface area contributed by atoms with Crippen molar-refractivity contribution in [3.8, 4) is 5.75 Å². The molecule has 3 rings (SSSR count). The smallest absolute Gasteiger partial charge is 0.119 e. The monoisotopic (exact) mass is 317 g/mol. The third-order valence-electron chi connectivity index (χ3n) is 4.36. The van der Waals surface area contributed by atoms with Gasteiger partial charge in [0, 0.05) is 35.8 Å². The summed E-state index contributed by atoms with van der Waals surface area (Å²) in [6.07, 6.45) is 4.35. The molecule has 1 aliphatic rings. The molecule has 1 aromatic heterocycles. The molecule has 1 aromatic carbocycles. The van der Waals surface area contributed by atoms with Crippen molar-refractivity contribution in [1.29, 1.82) is 0 Å². The number of methoxy groups -OCH3 is 1. The second-order valence-electron chi connectivity index (χ2n) is 5.71. The minimum absolute atomic E-state index is 0.375. The first kappa shape index (κ1) is 15.4. The summed E-state index contributed by atoms with van der Waals surface area (Å²) in [6.45, 7) is 2.97.